The summed E-state index contributed by atoms with van der Waals surface area (Å²) < 4.78 is 25.5. The van der Waals surface area contributed by atoms with E-state index in [1.54, 1.807) is 0 Å². The second-order valence-electron chi connectivity index (χ2n) is 9.48. The van der Waals surface area contributed by atoms with Gasteiger partial charge in [0.2, 0.25) is 21.8 Å². The number of carbonyl (C=O) groups excluding carboxylic acids is 2. The first-order chi connectivity index (χ1) is 15.3. The van der Waals surface area contributed by atoms with Gasteiger partial charge in [-0.15, -0.1) is 0 Å². The van der Waals surface area contributed by atoms with Crippen LogP contribution in [-0.2, 0) is 19.6 Å². The Morgan fingerprint density at radius 2 is 1.59 bits per heavy atom. The van der Waals surface area contributed by atoms with Gasteiger partial charge in [-0.25, -0.2) is 12.7 Å². The molecule has 0 aromatic carbocycles. The minimum absolute atomic E-state index is 0.0842. The summed E-state index contributed by atoms with van der Waals surface area (Å²) in [6.45, 7) is 10.4. The molecule has 0 saturated carbocycles. The molecule has 0 spiro atoms. The number of fused-ring (bicyclic) bond motifs is 1. The van der Waals surface area contributed by atoms with Crippen LogP contribution in [0.2, 0.25) is 0 Å². The number of rotatable bonds is 15. The van der Waals surface area contributed by atoms with Crippen molar-refractivity contribution in [3.8, 4) is 0 Å². The molecule has 0 aliphatic carbocycles. The smallest absolute Gasteiger partial charge is 0.241 e. The molecular formula is C24H45N3O4S. The second-order valence-corrected chi connectivity index (χ2v) is 11.3. The zero-order valence-corrected chi connectivity index (χ0v) is 21.5. The highest BCUT2D eigenvalue weighted by molar-refractivity contribution is 7.88. The Balaban J connectivity index is 1.73. The maximum absolute atomic E-state index is 12.9. The van der Waals surface area contributed by atoms with Gasteiger partial charge >= 0.3 is 0 Å². The summed E-state index contributed by atoms with van der Waals surface area (Å²) in [5.74, 6) is -0.619. The van der Waals surface area contributed by atoms with Gasteiger partial charge in [-0.2, -0.15) is 0 Å². The van der Waals surface area contributed by atoms with E-state index in [4.69, 9.17) is 0 Å². The summed E-state index contributed by atoms with van der Waals surface area (Å²) in [5.41, 5.74) is 0. The van der Waals surface area contributed by atoms with E-state index in [0.29, 0.717) is 25.8 Å². The average Bonchev–Trinajstić information content (AvgIpc) is 3.27. The number of nitrogens with zero attached hydrogens (tertiary/aromatic N) is 3. The normalized spacial score (nSPS) is 23.4. The first-order valence-electron chi connectivity index (χ1n) is 12.8. The molecule has 2 aliphatic heterocycles. The van der Waals surface area contributed by atoms with Gasteiger partial charge in [-0.1, -0.05) is 59.3 Å². The summed E-state index contributed by atoms with van der Waals surface area (Å²) in [7, 11) is -3.61. The first-order valence-corrected chi connectivity index (χ1v) is 14.7. The number of sulfonamides is 1. The van der Waals surface area contributed by atoms with Crippen molar-refractivity contribution < 1.29 is 18.0 Å². The Hall–Kier alpha value is -1.15. The number of hydrogen-bond donors (Lipinski definition) is 0. The summed E-state index contributed by atoms with van der Waals surface area (Å²) in [6.07, 6.45) is 11.7. The maximum atomic E-state index is 12.9. The standard InChI is InChI=1S/C24H45N3O4S/c1-5-15-20-23-21(27(24(20)29)32(4,30)31)17-19-26(23)22(28)16-13-11-9-8-10-12-14-18-25(6-2)7-3/h20-21,23H,5-19H2,1-4H3/t20-,21+,23-/m1/s1. The molecule has 2 amide bonds. The van der Waals surface area contributed by atoms with E-state index < -0.39 is 10.0 Å². The average molecular weight is 472 g/mol. The summed E-state index contributed by atoms with van der Waals surface area (Å²) >= 11 is 0. The van der Waals surface area contributed by atoms with E-state index in [1.807, 2.05) is 11.8 Å². The third kappa shape index (κ3) is 6.92. The van der Waals surface area contributed by atoms with Gasteiger partial charge in [0.15, 0.2) is 0 Å². The molecule has 2 aliphatic rings. The highest BCUT2D eigenvalue weighted by atomic mass is 32.2. The number of amides is 2. The van der Waals surface area contributed by atoms with Crippen molar-refractivity contribution in [1.29, 1.82) is 0 Å². The number of hydrogen-bond acceptors (Lipinski definition) is 5. The van der Waals surface area contributed by atoms with Crippen molar-refractivity contribution in [2.24, 2.45) is 5.92 Å². The molecule has 2 saturated heterocycles. The molecule has 0 unspecified atom stereocenters. The molecule has 2 rings (SSSR count). The van der Waals surface area contributed by atoms with Crippen molar-refractivity contribution >= 4 is 21.8 Å². The highest BCUT2D eigenvalue weighted by Crippen LogP contribution is 2.40. The zero-order chi connectivity index (χ0) is 23.7. The maximum Gasteiger partial charge on any atom is 0.241 e. The van der Waals surface area contributed by atoms with Crippen LogP contribution in [0, 0.1) is 5.92 Å². The van der Waals surface area contributed by atoms with Crippen molar-refractivity contribution in [3.63, 3.8) is 0 Å². The van der Waals surface area contributed by atoms with Crippen LogP contribution in [0.5, 0.6) is 0 Å². The Kier molecular flexibility index (Phi) is 10.9. The molecule has 2 heterocycles. The van der Waals surface area contributed by atoms with E-state index in [2.05, 4.69) is 18.7 Å². The predicted molar refractivity (Wildman–Crippen MR) is 129 cm³/mol. The quantitative estimate of drug-likeness (QED) is 0.341. The SMILES string of the molecule is CCC[C@H]1C(=O)N(S(C)(=O)=O)[C@H]2CCN(C(=O)CCCCCCCCCN(CC)CC)[C@H]12. The lowest BCUT2D eigenvalue weighted by Crippen LogP contribution is -2.43. The van der Waals surface area contributed by atoms with Crippen LogP contribution in [0.15, 0.2) is 0 Å². The van der Waals surface area contributed by atoms with E-state index in [0.717, 1.165) is 49.3 Å². The Bertz CT molecular complexity index is 708. The van der Waals surface area contributed by atoms with Crippen LogP contribution >= 0.6 is 0 Å². The Morgan fingerprint density at radius 1 is 1.00 bits per heavy atom. The molecule has 186 valence electrons. The summed E-state index contributed by atoms with van der Waals surface area (Å²) in [5, 5.41) is 0. The molecule has 32 heavy (non-hydrogen) atoms. The second kappa shape index (κ2) is 12.9. The minimum atomic E-state index is -3.61. The summed E-state index contributed by atoms with van der Waals surface area (Å²) in [6, 6.07) is -0.662. The largest absolute Gasteiger partial charge is 0.337 e. The third-order valence-corrected chi connectivity index (χ3v) is 8.37. The third-order valence-electron chi connectivity index (χ3n) is 7.20. The molecule has 3 atom stereocenters. The fraction of sp³-hybridized carbons (Fsp3) is 0.917. The topological polar surface area (TPSA) is 78.0 Å². The predicted octanol–water partition coefficient (Wildman–Crippen LogP) is 3.64. The lowest BCUT2D eigenvalue weighted by molar-refractivity contribution is -0.134. The fourth-order valence-corrected chi connectivity index (χ4v) is 6.68. The van der Waals surface area contributed by atoms with Crippen LogP contribution in [0.3, 0.4) is 0 Å². The monoisotopic (exact) mass is 471 g/mol. The number of unbranched alkanes of at least 4 members (excludes halogenated alkanes) is 6. The molecule has 7 nitrogen and oxygen atoms in total. The van der Waals surface area contributed by atoms with Crippen LogP contribution in [0.1, 0.15) is 91.4 Å². The Morgan fingerprint density at radius 3 is 2.16 bits per heavy atom. The van der Waals surface area contributed by atoms with E-state index >= 15 is 0 Å². The molecule has 8 heteroatoms. The van der Waals surface area contributed by atoms with Gasteiger partial charge in [-0.3, -0.25) is 9.59 Å². The van der Waals surface area contributed by atoms with E-state index in [1.165, 1.54) is 32.2 Å². The van der Waals surface area contributed by atoms with Crippen molar-refractivity contribution in [2.75, 3.05) is 32.4 Å². The summed E-state index contributed by atoms with van der Waals surface area (Å²) in [4.78, 5) is 30.0. The van der Waals surface area contributed by atoms with Gasteiger partial charge in [-0.05, 0) is 45.3 Å². The van der Waals surface area contributed by atoms with Crippen molar-refractivity contribution in [2.45, 2.75) is 103 Å². The van der Waals surface area contributed by atoms with Crippen molar-refractivity contribution in [1.82, 2.24) is 14.1 Å². The van der Waals surface area contributed by atoms with Gasteiger partial charge in [0.25, 0.3) is 0 Å². The van der Waals surface area contributed by atoms with E-state index in [9.17, 15) is 18.0 Å². The molecule has 0 bridgehead atoms. The van der Waals surface area contributed by atoms with Crippen molar-refractivity contribution in [3.05, 3.63) is 0 Å². The molecule has 0 aromatic rings. The van der Waals surface area contributed by atoms with E-state index in [-0.39, 0.29) is 29.8 Å². The molecule has 0 radical (unpaired) electrons. The number of likely N-dealkylation sites (tertiary alicyclic amines) is 1. The molecular weight excluding hydrogens is 426 g/mol. The molecule has 2 fully saturated rings. The van der Waals surface area contributed by atoms with Crippen LogP contribution in [0.25, 0.3) is 0 Å². The van der Waals surface area contributed by atoms with Gasteiger partial charge in [0.1, 0.15) is 0 Å². The minimum Gasteiger partial charge on any atom is -0.337 e. The highest BCUT2D eigenvalue weighted by Gasteiger charge is 2.56. The lowest BCUT2D eigenvalue weighted by Gasteiger charge is -2.27. The molecule has 0 aromatic heterocycles. The first kappa shape index (κ1) is 27.1. The number of carbonyl (C=O) groups is 2. The Labute approximate surface area is 195 Å². The van der Waals surface area contributed by atoms with Gasteiger partial charge in [0.05, 0.1) is 24.3 Å². The molecule has 0 N–H and O–H groups in total. The van der Waals surface area contributed by atoms with Crippen LogP contribution < -0.4 is 0 Å². The lowest BCUT2D eigenvalue weighted by atomic mass is 9.94. The van der Waals surface area contributed by atoms with Crippen LogP contribution in [-0.4, -0.2) is 78.9 Å². The zero-order valence-electron chi connectivity index (χ0n) is 20.7. The fourth-order valence-electron chi connectivity index (χ4n) is 5.50. The van der Waals surface area contributed by atoms with Crippen LogP contribution in [0.4, 0.5) is 0 Å². The van der Waals surface area contributed by atoms with Gasteiger partial charge in [0, 0.05) is 13.0 Å². The van der Waals surface area contributed by atoms with Gasteiger partial charge < -0.3 is 9.80 Å².